The Hall–Kier alpha value is -0.290. The summed E-state index contributed by atoms with van der Waals surface area (Å²) in [5.41, 5.74) is 0. The molecule has 0 aliphatic rings. The summed E-state index contributed by atoms with van der Waals surface area (Å²) in [5, 5.41) is 0. The van der Waals surface area contributed by atoms with Crippen molar-refractivity contribution in [1.29, 1.82) is 0 Å². The summed E-state index contributed by atoms with van der Waals surface area (Å²) >= 11 is 2.29. The largest absolute Gasteiger partial charge is 0.492 e. The molecule has 2 nitrogen and oxygen atoms in total. The quantitative estimate of drug-likeness (QED) is 0.748. The van der Waals surface area contributed by atoms with Gasteiger partial charge in [0.05, 0.1) is 0 Å². The highest BCUT2D eigenvalue weighted by atomic mass is 127. The molecule has 0 bridgehead atoms. The van der Waals surface area contributed by atoms with Crippen LogP contribution >= 0.6 is 22.6 Å². The van der Waals surface area contributed by atoms with Gasteiger partial charge in [0, 0.05) is 10.1 Å². The molecule has 84 valence electrons. The molecule has 0 aliphatic carbocycles. The third-order valence-electron chi connectivity index (χ3n) is 2.37. The van der Waals surface area contributed by atoms with E-state index in [1.165, 1.54) is 3.57 Å². The Kier molecular flexibility index (Phi) is 6.02. The smallest absolute Gasteiger partial charge is 0.120 e. The van der Waals surface area contributed by atoms with Crippen LogP contribution in [0.15, 0.2) is 24.3 Å². The van der Waals surface area contributed by atoms with Gasteiger partial charge in [-0.2, -0.15) is 0 Å². The fourth-order valence-electron chi connectivity index (χ4n) is 1.39. The Morgan fingerprint density at radius 2 is 2.00 bits per heavy atom. The molecule has 0 amide bonds. The zero-order chi connectivity index (χ0) is 11.1. The summed E-state index contributed by atoms with van der Waals surface area (Å²) < 4.78 is 6.89. The molecule has 1 aromatic rings. The lowest BCUT2D eigenvalue weighted by atomic mass is 10.3. The maximum absolute atomic E-state index is 5.67. The Labute approximate surface area is 106 Å². The SMILES string of the molecule is CCN(CC)CCOc1cccc(I)c1. The third-order valence-corrected chi connectivity index (χ3v) is 3.04. The second kappa shape index (κ2) is 7.06. The number of hydrogen-bond donors (Lipinski definition) is 0. The number of ether oxygens (including phenoxy) is 1. The van der Waals surface area contributed by atoms with Gasteiger partial charge in [-0.1, -0.05) is 19.9 Å². The first-order valence-electron chi connectivity index (χ1n) is 5.37. The zero-order valence-electron chi connectivity index (χ0n) is 9.37. The lowest BCUT2D eigenvalue weighted by Gasteiger charge is -2.17. The first-order chi connectivity index (χ1) is 7.26. The molecule has 0 saturated carbocycles. The van der Waals surface area contributed by atoms with Crippen LogP contribution in [0.2, 0.25) is 0 Å². The highest BCUT2D eigenvalue weighted by Gasteiger charge is 1.99. The number of benzene rings is 1. The minimum absolute atomic E-state index is 0.766. The number of likely N-dealkylation sites (N-methyl/N-ethyl adjacent to an activating group) is 1. The maximum Gasteiger partial charge on any atom is 0.120 e. The fraction of sp³-hybridized carbons (Fsp3) is 0.500. The highest BCUT2D eigenvalue weighted by molar-refractivity contribution is 14.1. The van der Waals surface area contributed by atoms with Crippen LogP contribution in [0.25, 0.3) is 0 Å². The molecule has 0 aromatic heterocycles. The van der Waals surface area contributed by atoms with Crippen LogP contribution in [0.3, 0.4) is 0 Å². The fourth-order valence-corrected chi connectivity index (χ4v) is 1.90. The van der Waals surface area contributed by atoms with E-state index in [1.54, 1.807) is 0 Å². The van der Waals surface area contributed by atoms with E-state index in [1.807, 2.05) is 12.1 Å². The Morgan fingerprint density at radius 1 is 1.27 bits per heavy atom. The number of rotatable bonds is 6. The normalized spacial score (nSPS) is 10.7. The van der Waals surface area contributed by atoms with Gasteiger partial charge < -0.3 is 9.64 Å². The molecule has 3 heteroatoms. The maximum atomic E-state index is 5.67. The number of hydrogen-bond acceptors (Lipinski definition) is 2. The van der Waals surface area contributed by atoms with Gasteiger partial charge in [0.1, 0.15) is 12.4 Å². The minimum atomic E-state index is 0.766. The molecule has 0 fully saturated rings. The topological polar surface area (TPSA) is 12.5 Å². The molecule has 0 unspecified atom stereocenters. The monoisotopic (exact) mass is 319 g/mol. The summed E-state index contributed by atoms with van der Waals surface area (Å²) in [6.07, 6.45) is 0. The number of nitrogens with zero attached hydrogens (tertiary/aromatic N) is 1. The highest BCUT2D eigenvalue weighted by Crippen LogP contribution is 2.14. The zero-order valence-corrected chi connectivity index (χ0v) is 11.5. The first-order valence-corrected chi connectivity index (χ1v) is 6.44. The standard InChI is InChI=1S/C12H18INO/c1-3-14(4-2)8-9-15-12-7-5-6-11(13)10-12/h5-7,10H,3-4,8-9H2,1-2H3. The van der Waals surface area contributed by atoms with E-state index < -0.39 is 0 Å². The van der Waals surface area contributed by atoms with E-state index in [2.05, 4.69) is 53.5 Å². The van der Waals surface area contributed by atoms with Gasteiger partial charge in [0.25, 0.3) is 0 Å². The van der Waals surface area contributed by atoms with Gasteiger partial charge in [0.15, 0.2) is 0 Å². The number of halogens is 1. The first kappa shape index (κ1) is 12.8. The summed E-state index contributed by atoms with van der Waals surface area (Å²) in [4.78, 5) is 2.36. The van der Waals surface area contributed by atoms with Crippen LogP contribution in [0.4, 0.5) is 0 Å². The van der Waals surface area contributed by atoms with Crippen molar-refractivity contribution in [3.05, 3.63) is 27.8 Å². The van der Waals surface area contributed by atoms with Crippen LogP contribution in [0.5, 0.6) is 5.75 Å². The molecule has 0 N–H and O–H groups in total. The average Bonchev–Trinajstić information content (AvgIpc) is 2.25. The predicted octanol–water partition coefficient (Wildman–Crippen LogP) is 3.01. The molecule has 0 spiro atoms. The van der Waals surface area contributed by atoms with E-state index in [0.29, 0.717) is 0 Å². The molecule has 0 aliphatic heterocycles. The van der Waals surface area contributed by atoms with Gasteiger partial charge in [-0.05, 0) is 53.9 Å². The average molecular weight is 319 g/mol. The van der Waals surface area contributed by atoms with Gasteiger partial charge in [-0.25, -0.2) is 0 Å². The van der Waals surface area contributed by atoms with Crippen LogP contribution in [0.1, 0.15) is 13.8 Å². The summed E-state index contributed by atoms with van der Waals surface area (Å²) in [5.74, 6) is 0.967. The van der Waals surface area contributed by atoms with Crippen molar-refractivity contribution in [2.45, 2.75) is 13.8 Å². The second-order valence-electron chi connectivity index (χ2n) is 3.33. The Balaban J connectivity index is 2.31. The molecular weight excluding hydrogens is 301 g/mol. The van der Waals surface area contributed by atoms with Crippen molar-refractivity contribution in [1.82, 2.24) is 4.90 Å². The third kappa shape index (κ3) is 4.84. The molecule has 0 heterocycles. The lowest BCUT2D eigenvalue weighted by Crippen LogP contribution is -2.27. The summed E-state index contributed by atoms with van der Waals surface area (Å²) in [6.45, 7) is 8.29. The molecule has 0 atom stereocenters. The lowest BCUT2D eigenvalue weighted by molar-refractivity contribution is 0.222. The van der Waals surface area contributed by atoms with Crippen LogP contribution in [-0.2, 0) is 0 Å². The van der Waals surface area contributed by atoms with E-state index in [0.717, 1.165) is 32.0 Å². The van der Waals surface area contributed by atoms with Gasteiger partial charge in [-0.3, -0.25) is 0 Å². The molecule has 15 heavy (non-hydrogen) atoms. The van der Waals surface area contributed by atoms with Crippen LogP contribution in [-0.4, -0.2) is 31.1 Å². The van der Waals surface area contributed by atoms with E-state index in [4.69, 9.17) is 4.74 Å². The van der Waals surface area contributed by atoms with Gasteiger partial charge >= 0.3 is 0 Å². The van der Waals surface area contributed by atoms with Crippen molar-refractivity contribution in [2.24, 2.45) is 0 Å². The summed E-state index contributed by atoms with van der Waals surface area (Å²) in [6, 6.07) is 8.15. The van der Waals surface area contributed by atoms with Gasteiger partial charge in [0.2, 0.25) is 0 Å². The van der Waals surface area contributed by atoms with Crippen LogP contribution < -0.4 is 4.74 Å². The molecule has 0 radical (unpaired) electrons. The van der Waals surface area contributed by atoms with Crippen molar-refractivity contribution in [3.8, 4) is 5.75 Å². The van der Waals surface area contributed by atoms with Gasteiger partial charge in [-0.15, -0.1) is 0 Å². The van der Waals surface area contributed by atoms with E-state index in [9.17, 15) is 0 Å². The van der Waals surface area contributed by atoms with Crippen molar-refractivity contribution < 1.29 is 4.74 Å². The predicted molar refractivity (Wildman–Crippen MR) is 72.4 cm³/mol. The Morgan fingerprint density at radius 3 is 2.60 bits per heavy atom. The second-order valence-corrected chi connectivity index (χ2v) is 4.58. The minimum Gasteiger partial charge on any atom is -0.492 e. The van der Waals surface area contributed by atoms with Crippen molar-refractivity contribution in [3.63, 3.8) is 0 Å². The molecular formula is C12H18INO. The van der Waals surface area contributed by atoms with Crippen molar-refractivity contribution >= 4 is 22.6 Å². The van der Waals surface area contributed by atoms with E-state index >= 15 is 0 Å². The van der Waals surface area contributed by atoms with E-state index in [-0.39, 0.29) is 0 Å². The summed E-state index contributed by atoms with van der Waals surface area (Å²) in [7, 11) is 0. The molecule has 0 saturated heterocycles. The molecule has 1 aromatic carbocycles. The Bertz CT molecular complexity index is 287. The molecule has 1 rings (SSSR count). The van der Waals surface area contributed by atoms with Crippen molar-refractivity contribution in [2.75, 3.05) is 26.2 Å². The van der Waals surface area contributed by atoms with Crippen LogP contribution in [0, 0.1) is 3.57 Å².